The van der Waals surface area contributed by atoms with E-state index in [1.54, 1.807) is 35.2 Å². The van der Waals surface area contributed by atoms with E-state index in [-0.39, 0.29) is 23.1 Å². The molecule has 0 aromatic heterocycles. The number of nitrogens with zero attached hydrogens (tertiary/aromatic N) is 1. The van der Waals surface area contributed by atoms with Gasteiger partial charge < -0.3 is 15.0 Å². The Labute approximate surface area is 180 Å². The zero-order chi connectivity index (χ0) is 21.8. The third kappa shape index (κ3) is 4.48. The second kappa shape index (κ2) is 8.83. The number of fused-ring (bicyclic) bond motifs is 1. The number of para-hydroxylation sites is 1. The zero-order valence-corrected chi connectivity index (χ0v) is 17.1. The van der Waals surface area contributed by atoms with Gasteiger partial charge in [-0.3, -0.25) is 14.4 Å². The molecule has 6 nitrogen and oxygen atoms in total. The molecule has 0 radical (unpaired) electrons. The summed E-state index contributed by atoms with van der Waals surface area (Å²) in [6.07, 6.45) is 1.67. The van der Waals surface area contributed by atoms with Crippen molar-refractivity contribution in [1.82, 2.24) is 0 Å². The Morgan fingerprint density at radius 1 is 0.935 bits per heavy atom. The molecule has 0 saturated heterocycles. The lowest BCUT2D eigenvalue weighted by Crippen LogP contribution is -2.35. The quantitative estimate of drug-likeness (QED) is 0.505. The van der Waals surface area contributed by atoms with Crippen LogP contribution < -0.4 is 15.0 Å². The van der Waals surface area contributed by atoms with E-state index in [4.69, 9.17) is 4.74 Å². The summed E-state index contributed by atoms with van der Waals surface area (Å²) in [5.41, 5.74) is 3.40. The molecule has 3 aromatic rings. The van der Waals surface area contributed by atoms with Crippen molar-refractivity contribution in [3.8, 4) is 5.75 Å². The Morgan fingerprint density at radius 3 is 2.45 bits per heavy atom. The van der Waals surface area contributed by atoms with E-state index in [0.717, 1.165) is 24.1 Å². The number of benzene rings is 3. The summed E-state index contributed by atoms with van der Waals surface area (Å²) < 4.78 is 5.13. The average Bonchev–Trinajstić information content (AvgIpc) is 2.78. The van der Waals surface area contributed by atoms with Crippen LogP contribution in [0.3, 0.4) is 0 Å². The van der Waals surface area contributed by atoms with Gasteiger partial charge in [0.1, 0.15) is 5.75 Å². The maximum atomic E-state index is 13.0. The molecular formula is C25H22N2O4. The number of aryl methyl sites for hydroxylation is 1. The fourth-order valence-electron chi connectivity index (χ4n) is 3.72. The maximum Gasteiger partial charge on any atom is 0.308 e. The van der Waals surface area contributed by atoms with E-state index in [0.29, 0.717) is 17.8 Å². The Balaban J connectivity index is 1.56. The molecule has 0 fully saturated rings. The number of nitrogens with one attached hydrogen (secondary N) is 1. The van der Waals surface area contributed by atoms with E-state index in [1.807, 2.05) is 42.5 Å². The van der Waals surface area contributed by atoms with Crippen molar-refractivity contribution < 1.29 is 19.1 Å². The highest BCUT2D eigenvalue weighted by Crippen LogP contribution is 2.31. The van der Waals surface area contributed by atoms with Gasteiger partial charge in [0.25, 0.3) is 11.8 Å². The molecule has 0 unspecified atom stereocenters. The topological polar surface area (TPSA) is 75.7 Å². The summed E-state index contributed by atoms with van der Waals surface area (Å²) in [5, 5.41) is 2.86. The number of carbonyl (C=O) groups is 3. The highest BCUT2D eigenvalue weighted by molar-refractivity contribution is 6.08. The fraction of sp³-hybridized carbons (Fsp3) is 0.160. The van der Waals surface area contributed by atoms with Crippen LogP contribution in [0.2, 0.25) is 0 Å². The summed E-state index contributed by atoms with van der Waals surface area (Å²) in [6, 6.07) is 21.3. The van der Waals surface area contributed by atoms with Gasteiger partial charge in [-0.2, -0.15) is 0 Å². The van der Waals surface area contributed by atoms with Crippen molar-refractivity contribution in [1.29, 1.82) is 0 Å². The number of carbonyl (C=O) groups excluding carboxylic acids is 3. The number of hydrogen-bond donors (Lipinski definition) is 1. The molecule has 0 spiro atoms. The van der Waals surface area contributed by atoms with Gasteiger partial charge in [0.05, 0.1) is 5.56 Å². The van der Waals surface area contributed by atoms with E-state index in [1.165, 1.54) is 6.92 Å². The van der Waals surface area contributed by atoms with Crippen LogP contribution in [0.5, 0.6) is 5.75 Å². The van der Waals surface area contributed by atoms with Crippen LogP contribution in [-0.4, -0.2) is 24.3 Å². The van der Waals surface area contributed by atoms with E-state index in [9.17, 15) is 14.4 Å². The number of hydrogen-bond acceptors (Lipinski definition) is 4. The Bertz CT molecular complexity index is 1140. The van der Waals surface area contributed by atoms with Crippen molar-refractivity contribution in [2.75, 3.05) is 16.8 Å². The van der Waals surface area contributed by atoms with Crippen LogP contribution in [0.25, 0.3) is 0 Å². The van der Waals surface area contributed by atoms with Gasteiger partial charge in [0.15, 0.2) is 0 Å². The number of anilines is 2. The van der Waals surface area contributed by atoms with Crippen LogP contribution in [0, 0.1) is 0 Å². The molecule has 4 rings (SSSR count). The van der Waals surface area contributed by atoms with Crippen LogP contribution in [0.4, 0.5) is 11.4 Å². The van der Waals surface area contributed by atoms with Gasteiger partial charge in [-0.25, -0.2) is 0 Å². The lowest BCUT2D eigenvalue weighted by Gasteiger charge is -2.30. The molecule has 1 aliphatic heterocycles. The molecule has 1 N–H and O–H groups in total. The van der Waals surface area contributed by atoms with E-state index < -0.39 is 5.97 Å². The van der Waals surface area contributed by atoms with Crippen LogP contribution in [0.1, 0.15) is 39.6 Å². The number of ether oxygens (including phenoxy) is 1. The van der Waals surface area contributed by atoms with Crippen molar-refractivity contribution in [3.05, 3.63) is 89.5 Å². The molecule has 156 valence electrons. The minimum absolute atomic E-state index is 0.0337. The second-order valence-corrected chi connectivity index (χ2v) is 7.31. The summed E-state index contributed by atoms with van der Waals surface area (Å²) in [5.74, 6) is -0.680. The molecule has 2 amide bonds. The highest BCUT2D eigenvalue weighted by atomic mass is 16.5. The van der Waals surface area contributed by atoms with E-state index in [2.05, 4.69) is 5.32 Å². The van der Waals surface area contributed by atoms with Gasteiger partial charge in [-0.15, -0.1) is 0 Å². The van der Waals surface area contributed by atoms with Gasteiger partial charge >= 0.3 is 5.97 Å². The van der Waals surface area contributed by atoms with Crippen molar-refractivity contribution in [3.63, 3.8) is 0 Å². The molecule has 0 atom stereocenters. The first-order valence-electron chi connectivity index (χ1n) is 10.1. The standard InChI is InChI=1S/C25H22N2O4/c1-17(28)31-23-12-6-5-11-21(23)24(29)26-20-13-14-22-19(16-20)10-7-15-27(22)25(30)18-8-3-2-4-9-18/h2-6,8-9,11-14,16H,7,10,15H2,1H3,(H,26,29). The predicted molar refractivity (Wildman–Crippen MR) is 119 cm³/mol. The molecular weight excluding hydrogens is 392 g/mol. The summed E-state index contributed by atoms with van der Waals surface area (Å²) in [4.78, 5) is 38.8. The molecule has 1 aliphatic rings. The largest absolute Gasteiger partial charge is 0.426 e. The predicted octanol–water partition coefficient (Wildman–Crippen LogP) is 4.46. The van der Waals surface area contributed by atoms with Crippen LogP contribution >= 0.6 is 0 Å². The Kier molecular flexibility index (Phi) is 5.80. The number of rotatable bonds is 4. The first-order valence-corrected chi connectivity index (χ1v) is 10.1. The summed E-state index contributed by atoms with van der Waals surface area (Å²) in [6.45, 7) is 1.95. The molecule has 6 heteroatoms. The van der Waals surface area contributed by atoms with Crippen molar-refractivity contribution in [2.45, 2.75) is 19.8 Å². The lowest BCUT2D eigenvalue weighted by atomic mass is 10.00. The summed E-state index contributed by atoms with van der Waals surface area (Å²) >= 11 is 0. The molecule has 1 heterocycles. The monoisotopic (exact) mass is 414 g/mol. The van der Waals surface area contributed by atoms with E-state index >= 15 is 0 Å². The SMILES string of the molecule is CC(=O)Oc1ccccc1C(=O)Nc1ccc2c(c1)CCCN2C(=O)c1ccccc1. The molecule has 0 bridgehead atoms. The molecule has 31 heavy (non-hydrogen) atoms. The summed E-state index contributed by atoms with van der Waals surface area (Å²) in [7, 11) is 0. The molecule has 0 saturated carbocycles. The van der Waals surface area contributed by atoms with Gasteiger partial charge in [0, 0.05) is 30.4 Å². The normalized spacial score (nSPS) is 12.6. The van der Waals surface area contributed by atoms with Crippen molar-refractivity contribution in [2.24, 2.45) is 0 Å². The van der Waals surface area contributed by atoms with Crippen LogP contribution in [0.15, 0.2) is 72.8 Å². The maximum absolute atomic E-state index is 13.0. The third-order valence-corrected chi connectivity index (χ3v) is 5.11. The zero-order valence-electron chi connectivity index (χ0n) is 17.1. The molecule has 0 aliphatic carbocycles. The Morgan fingerprint density at radius 2 is 1.68 bits per heavy atom. The van der Waals surface area contributed by atoms with Crippen LogP contribution in [-0.2, 0) is 11.2 Å². The lowest BCUT2D eigenvalue weighted by molar-refractivity contribution is -0.131. The first-order chi connectivity index (χ1) is 15.0. The highest BCUT2D eigenvalue weighted by Gasteiger charge is 2.24. The number of esters is 1. The van der Waals surface area contributed by atoms with Gasteiger partial charge in [0.2, 0.25) is 0 Å². The number of amides is 2. The third-order valence-electron chi connectivity index (χ3n) is 5.11. The minimum Gasteiger partial charge on any atom is -0.426 e. The second-order valence-electron chi connectivity index (χ2n) is 7.31. The van der Waals surface area contributed by atoms with Gasteiger partial charge in [-0.05, 0) is 60.9 Å². The average molecular weight is 414 g/mol. The Hall–Kier alpha value is -3.93. The smallest absolute Gasteiger partial charge is 0.308 e. The first kappa shape index (κ1) is 20.3. The van der Waals surface area contributed by atoms with Crippen molar-refractivity contribution >= 4 is 29.2 Å². The molecule has 3 aromatic carbocycles. The van der Waals surface area contributed by atoms with Gasteiger partial charge in [-0.1, -0.05) is 30.3 Å². The minimum atomic E-state index is -0.489. The fourth-order valence-corrected chi connectivity index (χ4v) is 3.72.